The molecule has 1 aromatic rings. The highest BCUT2D eigenvalue weighted by Crippen LogP contribution is 2.14. The monoisotopic (exact) mass is 440 g/mol. The van der Waals surface area contributed by atoms with E-state index in [-0.39, 0.29) is 12.0 Å². The molecule has 2 heterocycles. The van der Waals surface area contributed by atoms with Crippen LogP contribution in [-0.2, 0) is 9.53 Å². The van der Waals surface area contributed by atoms with Crippen LogP contribution in [-0.4, -0.2) is 65.1 Å². The summed E-state index contributed by atoms with van der Waals surface area (Å²) in [4.78, 5) is 32.4. The second kappa shape index (κ2) is 10.0. The van der Waals surface area contributed by atoms with Crippen LogP contribution in [0.5, 0.6) is 0 Å². The van der Waals surface area contributed by atoms with Crippen LogP contribution >= 0.6 is 15.9 Å². The Kier molecular flexibility index (Phi) is 8.04. The van der Waals surface area contributed by atoms with Gasteiger partial charge in [0.1, 0.15) is 11.4 Å². The Balaban J connectivity index is 1.69. The third-order valence-corrected chi connectivity index (χ3v) is 4.60. The van der Waals surface area contributed by atoms with E-state index in [4.69, 9.17) is 4.74 Å². The number of pyridine rings is 1. The zero-order chi connectivity index (χ0) is 19.9. The minimum absolute atomic E-state index is 0.0363. The first-order valence-electron chi connectivity index (χ1n) is 9.34. The summed E-state index contributed by atoms with van der Waals surface area (Å²) >= 11 is 3.36. The smallest absolute Gasteiger partial charge is 0.410 e. The number of nitrogens with zero attached hydrogens (tertiary/aromatic N) is 3. The van der Waals surface area contributed by atoms with Gasteiger partial charge in [-0.1, -0.05) is 15.9 Å². The number of amides is 2. The standard InChI is InChI=1S/C19H29BrN4O3/c1-19(2,3)27-18(26)24-11-5-10-23(12-13-24)9-4-6-17(25)22-16-14-15(20)7-8-21-16/h7-8,14H,4-6,9-13H2,1-3H3,(H,21,22,25). The molecule has 2 rings (SSSR count). The van der Waals surface area contributed by atoms with Crippen molar-refractivity contribution >= 4 is 33.7 Å². The number of hydrogen-bond acceptors (Lipinski definition) is 5. The number of halogens is 1. The Morgan fingerprint density at radius 3 is 2.74 bits per heavy atom. The Bertz CT molecular complexity index is 648. The van der Waals surface area contributed by atoms with Gasteiger partial charge in [-0.25, -0.2) is 9.78 Å². The van der Waals surface area contributed by atoms with Gasteiger partial charge in [0.25, 0.3) is 0 Å². The summed E-state index contributed by atoms with van der Waals surface area (Å²) in [7, 11) is 0. The number of carbonyl (C=O) groups is 2. The summed E-state index contributed by atoms with van der Waals surface area (Å²) in [6, 6.07) is 3.59. The summed E-state index contributed by atoms with van der Waals surface area (Å²) in [5, 5.41) is 2.81. The maximum absolute atomic E-state index is 12.2. The van der Waals surface area contributed by atoms with Crippen molar-refractivity contribution in [3.05, 3.63) is 22.8 Å². The molecular weight excluding hydrogens is 412 g/mol. The van der Waals surface area contributed by atoms with E-state index in [2.05, 4.69) is 31.1 Å². The van der Waals surface area contributed by atoms with Gasteiger partial charge in [-0.3, -0.25) is 4.79 Å². The predicted molar refractivity (Wildman–Crippen MR) is 109 cm³/mol. The van der Waals surface area contributed by atoms with Crippen LogP contribution in [0.15, 0.2) is 22.8 Å². The Morgan fingerprint density at radius 1 is 1.26 bits per heavy atom. The van der Waals surface area contributed by atoms with Crippen molar-refractivity contribution in [2.45, 2.75) is 45.6 Å². The van der Waals surface area contributed by atoms with Crippen LogP contribution < -0.4 is 5.32 Å². The molecule has 0 radical (unpaired) electrons. The van der Waals surface area contributed by atoms with Gasteiger partial charge in [0, 0.05) is 36.7 Å². The number of carbonyl (C=O) groups excluding carboxylic acids is 2. The van der Waals surface area contributed by atoms with E-state index in [1.165, 1.54) is 0 Å². The molecular formula is C19H29BrN4O3. The van der Waals surface area contributed by atoms with Crippen LogP contribution in [0.4, 0.5) is 10.6 Å². The molecule has 150 valence electrons. The molecule has 0 atom stereocenters. The van der Waals surface area contributed by atoms with E-state index >= 15 is 0 Å². The van der Waals surface area contributed by atoms with E-state index < -0.39 is 5.60 Å². The van der Waals surface area contributed by atoms with Crippen LogP contribution in [0.3, 0.4) is 0 Å². The van der Waals surface area contributed by atoms with Crippen molar-refractivity contribution in [1.82, 2.24) is 14.8 Å². The molecule has 0 aromatic carbocycles. The number of hydrogen-bond donors (Lipinski definition) is 1. The van der Waals surface area contributed by atoms with Gasteiger partial charge in [0.05, 0.1) is 0 Å². The number of rotatable bonds is 5. The van der Waals surface area contributed by atoms with Crippen molar-refractivity contribution in [3.63, 3.8) is 0 Å². The molecule has 0 spiro atoms. The molecule has 1 aliphatic rings. The fourth-order valence-electron chi connectivity index (χ4n) is 2.85. The van der Waals surface area contributed by atoms with E-state index in [0.717, 1.165) is 36.9 Å². The molecule has 0 unspecified atom stereocenters. The van der Waals surface area contributed by atoms with Crippen LogP contribution in [0.2, 0.25) is 0 Å². The first kappa shape index (κ1) is 21.6. The summed E-state index contributed by atoms with van der Waals surface area (Å²) in [5.74, 6) is 0.517. The molecule has 8 heteroatoms. The fraction of sp³-hybridized carbons (Fsp3) is 0.632. The zero-order valence-corrected chi connectivity index (χ0v) is 17.9. The first-order chi connectivity index (χ1) is 12.7. The highest BCUT2D eigenvalue weighted by atomic mass is 79.9. The minimum atomic E-state index is -0.473. The molecule has 0 aliphatic carbocycles. The molecule has 27 heavy (non-hydrogen) atoms. The number of anilines is 1. The van der Waals surface area contributed by atoms with E-state index in [9.17, 15) is 9.59 Å². The molecule has 7 nitrogen and oxygen atoms in total. The lowest BCUT2D eigenvalue weighted by molar-refractivity contribution is -0.116. The van der Waals surface area contributed by atoms with Crippen molar-refractivity contribution < 1.29 is 14.3 Å². The molecule has 0 bridgehead atoms. The zero-order valence-electron chi connectivity index (χ0n) is 16.3. The largest absolute Gasteiger partial charge is 0.444 e. The third-order valence-electron chi connectivity index (χ3n) is 4.11. The molecule has 0 saturated carbocycles. The number of aromatic nitrogens is 1. The summed E-state index contributed by atoms with van der Waals surface area (Å²) < 4.78 is 6.33. The van der Waals surface area contributed by atoms with E-state index in [1.807, 2.05) is 26.8 Å². The Hall–Kier alpha value is -1.67. The lowest BCUT2D eigenvalue weighted by Crippen LogP contribution is -2.39. The average molecular weight is 441 g/mol. The van der Waals surface area contributed by atoms with Gasteiger partial charge >= 0.3 is 6.09 Å². The van der Waals surface area contributed by atoms with E-state index in [0.29, 0.717) is 25.3 Å². The normalized spacial score (nSPS) is 15.9. The second-order valence-corrected chi connectivity index (χ2v) is 8.59. The van der Waals surface area contributed by atoms with Crippen LogP contribution in [0.1, 0.15) is 40.0 Å². The lowest BCUT2D eigenvalue weighted by atomic mass is 10.2. The molecule has 1 N–H and O–H groups in total. The van der Waals surface area contributed by atoms with Crippen molar-refractivity contribution in [2.24, 2.45) is 0 Å². The van der Waals surface area contributed by atoms with Crippen LogP contribution in [0, 0.1) is 0 Å². The maximum Gasteiger partial charge on any atom is 0.410 e. The summed E-state index contributed by atoms with van der Waals surface area (Å²) in [6.07, 6.45) is 3.53. The predicted octanol–water partition coefficient (Wildman–Crippen LogP) is 3.51. The molecule has 1 fully saturated rings. The van der Waals surface area contributed by atoms with Gasteiger partial charge < -0.3 is 19.9 Å². The SMILES string of the molecule is CC(C)(C)OC(=O)N1CCCN(CCCC(=O)Nc2cc(Br)ccn2)CC1. The Morgan fingerprint density at radius 2 is 2.04 bits per heavy atom. The maximum atomic E-state index is 12.2. The quantitative estimate of drug-likeness (QED) is 0.757. The van der Waals surface area contributed by atoms with Gasteiger partial charge in [-0.15, -0.1) is 0 Å². The fourth-order valence-corrected chi connectivity index (χ4v) is 3.18. The van der Waals surface area contributed by atoms with Crippen molar-refractivity contribution in [3.8, 4) is 0 Å². The van der Waals surface area contributed by atoms with Crippen molar-refractivity contribution in [1.29, 1.82) is 0 Å². The van der Waals surface area contributed by atoms with Gasteiger partial charge in [-0.2, -0.15) is 0 Å². The van der Waals surface area contributed by atoms with E-state index in [1.54, 1.807) is 17.2 Å². The van der Waals surface area contributed by atoms with Gasteiger partial charge in [0.2, 0.25) is 5.91 Å². The van der Waals surface area contributed by atoms with Gasteiger partial charge in [0.15, 0.2) is 0 Å². The molecule has 1 aromatic heterocycles. The molecule has 1 aliphatic heterocycles. The minimum Gasteiger partial charge on any atom is -0.444 e. The second-order valence-electron chi connectivity index (χ2n) is 7.67. The molecule has 2 amide bonds. The third kappa shape index (κ3) is 8.26. The summed E-state index contributed by atoms with van der Waals surface area (Å²) in [5.41, 5.74) is -0.473. The number of ether oxygens (including phenoxy) is 1. The van der Waals surface area contributed by atoms with Gasteiger partial charge in [-0.05, 0) is 58.8 Å². The topological polar surface area (TPSA) is 74.8 Å². The van der Waals surface area contributed by atoms with Crippen LogP contribution in [0.25, 0.3) is 0 Å². The highest BCUT2D eigenvalue weighted by molar-refractivity contribution is 9.10. The average Bonchev–Trinajstić information content (AvgIpc) is 2.79. The Labute approximate surface area is 169 Å². The molecule has 1 saturated heterocycles. The highest BCUT2D eigenvalue weighted by Gasteiger charge is 2.24. The van der Waals surface area contributed by atoms with Crippen molar-refractivity contribution in [2.75, 3.05) is 38.0 Å². The number of nitrogens with one attached hydrogen (secondary N) is 1. The first-order valence-corrected chi connectivity index (χ1v) is 10.1. The summed E-state index contributed by atoms with van der Waals surface area (Å²) in [6.45, 7) is 9.56. The lowest BCUT2D eigenvalue weighted by Gasteiger charge is -2.26.